The van der Waals surface area contributed by atoms with Crippen molar-refractivity contribution >= 4 is 19.7 Å². The number of phosphoric acid groups is 1. The lowest BCUT2D eigenvalue weighted by Gasteiger charge is -2.15. The maximum absolute atomic E-state index is 12.1. The first-order valence-corrected chi connectivity index (χ1v) is 21.8. The van der Waals surface area contributed by atoms with E-state index in [0.29, 0.717) is 6.42 Å². The highest BCUT2D eigenvalue weighted by Gasteiger charge is 2.23. The fraction of sp³-hybridized carbons (Fsp3) is 0.850. The molecule has 0 rings (SSSR count). The van der Waals surface area contributed by atoms with Crippen LogP contribution in [0.3, 0.4) is 0 Å². The predicted molar refractivity (Wildman–Crippen MR) is 206 cm³/mol. The minimum absolute atomic E-state index is 0.0757. The molecule has 9 nitrogen and oxygen atoms in total. The van der Waals surface area contributed by atoms with Gasteiger partial charge in [0.25, 0.3) is 0 Å². The number of nitrogens with one attached hydrogen (secondary N) is 1. The molecule has 10 heteroatoms. The molecule has 3 N–H and O–H groups in total. The van der Waals surface area contributed by atoms with Crippen LogP contribution in [0.1, 0.15) is 187 Å². The summed E-state index contributed by atoms with van der Waals surface area (Å²) in [6.45, 7) is 3.50. The third-order valence-electron chi connectivity index (χ3n) is 8.63. The summed E-state index contributed by atoms with van der Waals surface area (Å²) in [7, 11) is -4.41. The van der Waals surface area contributed by atoms with Gasteiger partial charge in [0.2, 0.25) is 5.91 Å². The first kappa shape index (κ1) is 48.5. The lowest BCUT2D eigenvalue weighted by molar-refractivity contribution is -0.147. The van der Waals surface area contributed by atoms with Crippen LogP contribution in [0, 0.1) is 0 Å². The van der Waals surface area contributed by atoms with E-state index in [0.717, 1.165) is 64.2 Å². The number of carbonyl (C=O) groups is 2. The van der Waals surface area contributed by atoms with E-state index >= 15 is 0 Å². The smallest absolute Gasteiger partial charge is 0.463 e. The molecule has 0 aliphatic heterocycles. The van der Waals surface area contributed by atoms with Crippen LogP contribution in [0.4, 0.5) is 0 Å². The summed E-state index contributed by atoms with van der Waals surface area (Å²) in [6, 6.07) is 0. The molecule has 50 heavy (non-hydrogen) atoms. The van der Waals surface area contributed by atoms with Gasteiger partial charge >= 0.3 is 13.8 Å². The van der Waals surface area contributed by atoms with Gasteiger partial charge in [0.1, 0.15) is 12.7 Å². The maximum atomic E-state index is 12.1. The number of unbranched alkanes of at least 4 members (excludes halogenated alkanes) is 21. The summed E-state index contributed by atoms with van der Waals surface area (Å²) in [6.07, 6.45) is 38.2. The van der Waals surface area contributed by atoms with Gasteiger partial charge in [-0.25, -0.2) is 4.57 Å². The Balaban J connectivity index is 3.61. The van der Waals surface area contributed by atoms with E-state index in [2.05, 4.69) is 43.5 Å². The van der Waals surface area contributed by atoms with E-state index in [1.54, 1.807) is 0 Å². The Labute approximate surface area is 306 Å². The first-order valence-electron chi connectivity index (χ1n) is 20.3. The highest BCUT2D eigenvalue weighted by molar-refractivity contribution is 7.47. The van der Waals surface area contributed by atoms with E-state index in [4.69, 9.17) is 13.8 Å². The van der Waals surface area contributed by atoms with Gasteiger partial charge in [0.05, 0.1) is 13.2 Å². The number of aliphatic hydroxyl groups is 1. The van der Waals surface area contributed by atoms with Crippen molar-refractivity contribution in [1.82, 2.24) is 5.32 Å². The Morgan fingerprint density at radius 3 is 1.66 bits per heavy atom. The Kier molecular flexibility index (Phi) is 36.1. The van der Waals surface area contributed by atoms with Crippen molar-refractivity contribution < 1.29 is 37.9 Å². The molecule has 0 spiro atoms. The van der Waals surface area contributed by atoms with Crippen molar-refractivity contribution in [2.45, 2.75) is 193 Å². The number of hydrogen-bond acceptors (Lipinski definition) is 7. The van der Waals surface area contributed by atoms with Gasteiger partial charge in [-0.05, 0) is 38.5 Å². The standard InChI is InChI=1S/C40H76NO8P/c1-3-5-7-9-11-13-15-17-19-21-23-25-27-29-31-33-40(44)47-36-38(42)37-49-50(45,46)48-35-34-41-39(43)32-30-28-26-24-22-20-18-16-14-12-10-8-6-4-2/h10,12,16,18,38,42H,3-9,11,13-15,17,19-37H2,1-2H3,(H,41,43)(H,45,46)/b12-10-,18-16-. The van der Waals surface area contributed by atoms with Gasteiger partial charge < -0.3 is 20.1 Å². The molecule has 0 fully saturated rings. The Morgan fingerprint density at radius 1 is 0.620 bits per heavy atom. The molecule has 1 amide bonds. The second kappa shape index (κ2) is 37.3. The number of amides is 1. The van der Waals surface area contributed by atoms with Crippen molar-refractivity contribution in [2.75, 3.05) is 26.4 Å². The molecule has 0 saturated heterocycles. The fourth-order valence-electron chi connectivity index (χ4n) is 5.51. The predicted octanol–water partition coefficient (Wildman–Crippen LogP) is 10.8. The lowest BCUT2D eigenvalue weighted by Crippen LogP contribution is -2.27. The van der Waals surface area contributed by atoms with E-state index in [9.17, 15) is 24.2 Å². The molecular weight excluding hydrogens is 653 g/mol. The van der Waals surface area contributed by atoms with Crippen molar-refractivity contribution in [3.63, 3.8) is 0 Å². The molecule has 0 aromatic carbocycles. The molecule has 2 atom stereocenters. The molecule has 0 aliphatic rings. The molecule has 0 aromatic rings. The van der Waals surface area contributed by atoms with Gasteiger partial charge in [-0.3, -0.25) is 18.6 Å². The number of allylic oxidation sites excluding steroid dienone is 4. The van der Waals surface area contributed by atoms with Crippen molar-refractivity contribution in [3.8, 4) is 0 Å². The van der Waals surface area contributed by atoms with E-state index in [1.165, 1.54) is 96.3 Å². The lowest BCUT2D eigenvalue weighted by atomic mass is 10.0. The summed E-state index contributed by atoms with van der Waals surface area (Å²) >= 11 is 0. The zero-order valence-electron chi connectivity index (χ0n) is 32.1. The normalized spacial score (nSPS) is 13.6. The van der Waals surface area contributed by atoms with Gasteiger partial charge in [-0.1, -0.05) is 160 Å². The average molecular weight is 730 g/mol. The highest BCUT2D eigenvalue weighted by atomic mass is 31.2. The number of phosphoric ester groups is 1. The van der Waals surface area contributed by atoms with E-state index in [-0.39, 0.29) is 32.1 Å². The summed E-state index contributed by atoms with van der Waals surface area (Å²) in [5, 5.41) is 12.7. The molecule has 0 heterocycles. The van der Waals surface area contributed by atoms with Crippen LogP contribution in [0.2, 0.25) is 0 Å². The summed E-state index contributed by atoms with van der Waals surface area (Å²) in [4.78, 5) is 33.8. The largest absolute Gasteiger partial charge is 0.472 e. The quantitative estimate of drug-likeness (QED) is 0.0248. The number of carbonyl (C=O) groups excluding carboxylic acids is 2. The van der Waals surface area contributed by atoms with Crippen molar-refractivity contribution in [1.29, 1.82) is 0 Å². The maximum Gasteiger partial charge on any atom is 0.472 e. The summed E-state index contributed by atoms with van der Waals surface area (Å²) in [5.41, 5.74) is 0. The number of esters is 1. The third kappa shape index (κ3) is 37.7. The molecule has 2 unspecified atom stereocenters. The minimum Gasteiger partial charge on any atom is -0.463 e. The molecular formula is C40H76NO8P. The Hall–Kier alpha value is -1.51. The van der Waals surface area contributed by atoms with Crippen LogP contribution < -0.4 is 5.32 Å². The van der Waals surface area contributed by atoms with Gasteiger partial charge in [0.15, 0.2) is 0 Å². The molecule has 0 aromatic heterocycles. The first-order chi connectivity index (χ1) is 24.3. The van der Waals surface area contributed by atoms with Crippen molar-refractivity contribution in [3.05, 3.63) is 24.3 Å². The van der Waals surface area contributed by atoms with Crippen LogP contribution in [0.5, 0.6) is 0 Å². The molecule has 0 saturated carbocycles. The molecule has 0 radical (unpaired) electrons. The van der Waals surface area contributed by atoms with Gasteiger partial charge in [-0.15, -0.1) is 0 Å². The second-order valence-corrected chi connectivity index (χ2v) is 15.1. The Morgan fingerprint density at radius 2 is 1.10 bits per heavy atom. The second-order valence-electron chi connectivity index (χ2n) is 13.6. The van der Waals surface area contributed by atoms with Gasteiger partial charge in [-0.2, -0.15) is 0 Å². The van der Waals surface area contributed by atoms with Crippen LogP contribution in [0.25, 0.3) is 0 Å². The van der Waals surface area contributed by atoms with E-state index < -0.39 is 26.5 Å². The van der Waals surface area contributed by atoms with E-state index in [1.807, 2.05) is 0 Å². The number of rotatable bonds is 38. The zero-order chi connectivity index (χ0) is 36.8. The zero-order valence-corrected chi connectivity index (χ0v) is 33.0. The Bertz CT molecular complexity index is 881. The number of aliphatic hydroxyl groups excluding tert-OH is 1. The number of ether oxygens (including phenoxy) is 1. The highest BCUT2D eigenvalue weighted by Crippen LogP contribution is 2.42. The average Bonchev–Trinajstić information content (AvgIpc) is 3.10. The fourth-order valence-corrected chi connectivity index (χ4v) is 6.27. The van der Waals surface area contributed by atoms with Crippen LogP contribution in [0.15, 0.2) is 24.3 Å². The molecule has 0 bridgehead atoms. The number of hydrogen-bond donors (Lipinski definition) is 3. The van der Waals surface area contributed by atoms with Gasteiger partial charge in [0, 0.05) is 19.4 Å². The summed E-state index contributed by atoms with van der Waals surface area (Å²) < 4.78 is 26.8. The third-order valence-corrected chi connectivity index (χ3v) is 9.62. The minimum atomic E-state index is -4.41. The van der Waals surface area contributed by atoms with Crippen LogP contribution in [-0.2, 0) is 27.9 Å². The topological polar surface area (TPSA) is 131 Å². The molecule has 294 valence electrons. The monoisotopic (exact) mass is 730 g/mol. The molecule has 0 aliphatic carbocycles. The van der Waals surface area contributed by atoms with Crippen molar-refractivity contribution in [2.24, 2.45) is 0 Å². The SMILES string of the molecule is CCCC/C=C\C/C=C\CCCCCCCC(=O)NCCOP(=O)(O)OCC(O)COC(=O)CCCCCCCCCCCCCCCCC. The van der Waals surface area contributed by atoms with Crippen LogP contribution >= 0.6 is 7.82 Å². The van der Waals surface area contributed by atoms with Crippen LogP contribution in [-0.4, -0.2) is 54.3 Å². The summed E-state index contributed by atoms with van der Waals surface area (Å²) in [5.74, 6) is -0.527.